The molecule has 0 spiro atoms. The number of alkyl halides is 1. The highest BCUT2D eigenvalue weighted by Crippen LogP contribution is 2.33. The lowest BCUT2D eigenvalue weighted by Gasteiger charge is -2.39. The van der Waals surface area contributed by atoms with Gasteiger partial charge in [-0.25, -0.2) is 14.0 Å². The van der Waals surface area contributed by atoms with Gasteiger partial charge in [0.05, 0.1) is 5.69 Å². The summed E-state index contributed by atoms with van der Waals surface area (Å²) in [7, 11) is 0. The van der Waals surface area contributed by atoms with Crippen LogP contribution in [0.5, 0.6) is 0 Å². The fraction of sp³-hybridized carbons (Fsp3) is 0.577. The molecule has 1 aromatic carbocycles. The van der Waals surface area contributed by atoms with Crippen molar-refractivity contribution in [2.24, 2.45) is 11.5 Å². The number of likely N-dealkylation sites (tertiary alicyclic amines) is 2. The number of carbonyl (C=O) groups excluding carboxylic acids is 1. The number of halogens is 2. The van der Waals surface area contributed by atoms with Gasteiger partial charge in [-0.2, -0.15) is 4.98 Å². The minimum atomic E-state index is -1.37. The summed E-state index contributed by atoms with van der Waals surface area (Å²) in [5.74, 6) is 0.168. The Hall–Kier alpha value is -2.53. The normalized spacial score (nSPS) is 18.8. The Kier molecular flexibility index (Phi) is 9.33. The molecule has 0 atom stereocenters. The van der Waals surface area contributed by atoms with Crippen molar-refractivity contribution in [1.82, 2.24) is 19.4 Å². The number of rotatable bonds is 6. The van der Waals surface area contributed by atoms with Crippen LogP contribution in [-0.4, -0.2) is 68.8 Å². The second kappa shape index (κ2) is 11.9. The minimum Gasteiger partial charge on any atom is -0.328 e. The molecule has 5 N–H and O–H groups in total. The monoisotopic (exact) mass is 535 g/mol. The van der Waals surface area contributed by atoms with E-state index in [1.165, 1.54) is 10.1 Å². The number of hydrogen-bond acceptors (Lipinski definition) is 6. The topological polar surface area (TPSA) is 123 Å². The Balaban J connectivity index is 0.00000380. The number of nitrogens with one attached hydrogen (secondary N) is 1. The second-order valence-corrected chi connectivity index (χ2v) is 11.0. The molecule has 2 amide bonds. The Bertz CT molecular complexity index is 1100. The first-order valence-corrected chi connectivity index (χ1v) is 12.7. The highest BCUT2D eigenvalue weighted by atomic mass is 35.5. The number of aromatic nitrogens is 2. The van der Waals surface area contributed by atoms with Gasteiger partial charge in [-0.15, -0.1) is 12.4 Å². The van der Waals surface area contributed by atoms with Gasteiger partial charge in [-0.3, -0.25) is 14.8 Å². The van der Waals surface area contributed by atoms with Crippen LogP contribution in [0.2, 0.25) is 0 Å². The predicted molar refractivity (Wildman–Crippen MR) is 146 cm³/mol. The number of piperidine rings is 2. The van der Waals surface area contributed by atoms with E-state index in [1.54, 1.807) is 17.2 Å². The van der Waals surface area contributed by atoms with E-state index in [1.807, 2.05) is 38.1 Å². The van der Waals surface area contributed by atoms with E-state index in [9.17, 15) is 9.59 Å². The van der Waals surface area contributed by atoms with E-state index in [0.717, 1.165) is 32.5 Å². The molecule has 0 unspecified atom stereocenters. The van der Waals surface area contributed by atoms with Gasteiger partial charge in [0.1, 0.15) is 11.5 Å². The van der Waals surface area contributed by atoms with E-state index in [-0.39, 0.29) is 50.6 Å². The SMILES string of the molecule is CC(C)(N)CC1(F)CCN(C(=O)Nc2ccn(-c3ccc(CN4CCC(N)CC4)cc3)c(=O)n2)CC1.Cl. The van der Waals surface area contributed by atoms with Crippen LogP contribution in [0.15, 0.2) is 41.3 Å². The first-order chi connectivity index (χ1) is 17.0. The average Bonchev–Trinajstić information content (AvgIpc) is 2.80. The maximum Gasteiger partial charge on any atom is 0.354 e. The number of hydrogen-bond donors (Lipinski definition) is 3. The summed E-state index contributed by atoms with van der Waals surface area (Å²) in [5, 5.41) is 2.67. The predicted octanol–water partition coefficient (Wildman–Crippen LogP) is 3.04. The number of benzene rings is 1. The molecule has 37 heavy (non-hydrogen) atoms. The van der Waals surface area contributed by atoms with Crippen molar-refractivity contribution in [2.75, 3.05) is 31.5 Å². The smallest absolute Gasteiger partial charge is 0.328 e. The summed E-state index contributed by atoms with van der Waals surface area (Å²) >= 11 is 0. The summed E-state index contributed by atoms with van der Waals surface area (Å²) in [6, 6.07) is 9.32. The molecule has 2 aromatic rings. The van der Waals surface area contributed by atoms with Crippen molar-refractivity contribution < 1.29 is 9.18 Å². The zero-order chi connectivity index (χ0) is 25.9. The number of nitrogens with zero attached hydrogens (tertiary/aromatic N) is 4. The third-order valence-corrected chi connectivity index (χ3v) is 7.01. The minimum absolute atomic E-state index is 0. The molecule has 3 heterocycles. The zero-order valence-corrected chi connectivity index (χ0v) is 22.5. The lowest BCUT2D eigenvalue weighted by Crippen LogP contribution is -2.50. The molecule has 204 valence electrons. The molecule has 4 rings (SSSR count). The van der Waals surface area contributed by atoms with Crippen molar-refractivity contribution in [1.29, 1.82) is 0 Å². The van der Waals surface area contributed by atoms with Crippen LogP contribution >= 0.6 is 12.4 Å². The molecule has 0 bridgehead atoms. The number of nitrogens with two attached hydrogens (primary N) is 2. The van der Waals surface area contributed by atoms with Crippen LogP contribution in [-0.2, 0) is 6.54 Å². The lowest BCUT2D eigenvalue weighted by molar-refractivity contribution is 0.0497. The van der Waals surface area contributed by atoms with Gasteiger partial charge < -0.3 is 16.4 Å². The quantitative estimate of drug-likeness (QED) is 0.522. The summed E-state index contributed by atoms with van der Waals surface area (Å²) in [5.41, 5.74) is 11.4. The molecule has 2 aliphatic heterocycles. The average molecular weight is 536 g/mol. The number of anilines is 1. The maximum absolute atomic E-state index is 15.0. The zero-order valence-electron chi connectivity index (χ0n) is 21.7. The first kappa shape index (κ1) is 29.0. The van der Waals surface area contributed by atoms with Crippen molar-refractivity contribution in [2.45, 2.75) is 69.7 Å². The van der Waals surface area contributed by atoms with Gasteiger partial charge in [-0.05, 0) is 82.8 Å². The summed E-state index contributed by atoms with van der Waals surface area (Å²) in [6.45, 7) is 7.03. The molecule has 1 aromatic heterocycles. The molecule has 11 heteroatoms. The van der Waals surface area contributed by atoms with Gasteiger partial charge in [0.2, 0.25) is 0 Å². The Morgan fingerprint density at radius 2 is 1.76 bits per heavy atom. The van der Waals surface area contributed by atoms with Crippen LogP contribution in [0.1, 0.15) is 51.5 Å². The molecular weight excluding hydrogens is 497 g/mol. The number of amides is 2. The largest absolute Gasteiger partial charge is 0.354 e. The number of carbonyl (C=O) groups is 1. The lowest BCUT2D eigenvalue weighted by atomic mass is 9.82. The van der Waals surface area contributed by atoms with Crippen molar-refractivity contribution in [3.8, 4) is 5.69 Å². The van der Waals surface area contributed by atoms with Crippen LogP contribution in [0.25, 0.3) is 5.69 Å². The molecule has 9 nitrogen and oxygen atoms in total. The van der Waals surface area contributed by atoms with Crippen molar-refractivity contribution in [3.05, 3.63) is 52.6 Å². The van der Waals surface area contributed by atoms with E-state index in [0.29, 0.717) is 11.7 Å². The van der Waals surface area contributed by atoms with Gasteiger partial charge in [0.15, 0.2) is 0 Å². The van der Waals surface area contributed by atoms with E-state index in [4.69, 9.17) is 11.5 Å². The molecular formula is C26H39ClFN7O2. The third kappa shape index (κ3) is 7.98. The van der Waals surface area contributed by atoms with Crippen LogP contribution < -0.4 is 22.5 Å². The molecule has 2 saturated heterocycles. The second-order valence-electron chi connectivity index (χ2n) is 11.0. The molecule has 0 aliphatic carbocycles. The molecule has 2 fully saturated rings. The number of urea groups is 1. The maximum atomic E-state index is 15.0. The Morgan fingerprint density at radius 3 is 2.32 bits per heavy atom. The highest BCUT2D eigenvalue weighted by Gasteiger charge is 2.39. The van der Waals surface area contributed by atoms with Crippen LogP contribution in [0.4, 0.5) is 15.0 Å². The Morgan fingerprint density at radius 1 is 1.14 bits per heavy atom. The molecule has 2 aliphatic rings. The van der Waals surface area contributed by atoms with E-state index < -0.39 is 22.9 Å². The van der Waals surface area contributed by atoms with E-state index in [2.05, 4.69) is 15.2 Å². The fourth-order valence-corrected chi connectivity index (χ4v) is 5.09. The standard InChI is InChI=1S/C26H38FN7O2.ClH/c1-25(2,29)18-26(27)10-15-33(16-11-26)23(35)30-22-9-14-34(24(36)31-22)21-5-3-19(4-6-21)17-32-12-7-20(28)8-13-32;/h3-6,9,14,20H,7-8,10-13,15-18,28-29H2,1-2H3,(H,30,31,35,36);1H. The van der Waals surface area contributed by atoms with Gasteiger partial charge in [0.25, 0.3) is 0 Å². The van der Waals surface area contributed by atoms with Crippen molar-refractivity contribution in [3.63, 3.8) is 0 Å². The molecule has 0 saturated carbocycles. The summed E-state index contributed by atoms with van der Waals surface area (Å²) in [6.07, 6.45) is 4.35. The van der Waals surface area contributed by atoms with Crippen LogP contribution in [0, 0.1) is 0 Å². The van der Waals surface area contributed by atoms with E-state index >= 15 is 4.39 Å². The third-order valence-electron chi connectivity index (χ3n) is 7.01. The van der Waals surface area contributed by atoms with Crippen LogP contribution in [0.3, 0.4) is 0 Å². The summed E-state index contributed by atoms with van der Waals surface area (Å²) in [4.78, 5) is 33.3. The van der Waals surface area contributed by atoms with Gasteiger partial charge in [-0.1, -0.05) is 12.1 Å². The fourth-order valence-electron chi connectivity index (χ4n) is 5.09. The summed E-state index contributed by atoms with van der Waals surface area (Å²) < 4.78 is 16.5. The first-order valence-electron chi connectivity index (χ1n) is 12.7. The highest BCUT2D eigenvalue weighted by molar-refractivity contribution is 5.88. The van der Waals surface area contributed by atoms with Crippen molar-refractivity contribution >= 4 is 24.3 Å². The Labute approximate surface area is 223 Å². The van der Waals surface area contributed by atoms with Gasteiger partial charge >= 0.3 is 11.7 Å². The van der Waals surface area contributed by atoms with Gasteiger partial charge in [0, 0.05) is 37.4 Å². The molecule has 0 radical (unpaired) electrons.